The molecule has 0 aliphatic carbocycles. The Kier molecular flexibility index (Phi) is 4.15. The van der Waals surface area contributed by atoms with Crippen LogP contribution in [0.25, 0.3) is 0 Å². The van der Waals surface area contributed by atoms with Crippen molar-refractivity contribution in [1.82, 2.24) is 9.78 Å². The maximum absolute atomic E-state index is 11.4. The highest BCUT2D eigenvalue weighted by atomic mass is 32.2. The number of fused-ring (bicyclic) bond motifs is 1. The van der Waals surface area contributed by atoms with Crippen LogP contribution in [-0.2, 0) is 17.9 Å². The number of rotatable bonds is 5. The first-order chi connectivity index (χ1) is 10.2. The summed E-state index contributed by atoms with van der Waals surface area (Å²) in [6.07, 6.45) is 5.03. The van der Waals surface area contributed by atoms with Crippen molar-refractivity contribution in [3.8, 4) is 0 Å². The van der Waals surface area contributed by atoms with E-state index >= 15 is 0 Å². The highest BCUT2D eigenvalue weighted by Crippen LogP contribution is 2.33. The van der Waals surface area contributed by atoms with Crippen LogP contribution in [0.4, 0.5) is 11.4 Å². The van der Waals surface area contributed by atoms with Crippen molar-refractivity contribution in [2.24, 2.45) is 0 Å². The molecule has 3 rings (SSSR count). The Morgan fingerprint density at radius 2 is 2.38 bits per heavy atom. The van der Waals surface area contributed by atoms with Gasteiger partial charge in [0.1, 0.15) is 0 Å². The molecule has 2 aromatic rings. The smallest absolute Gasteiger partial charge is 0.234 e. The Hall–Kier alpha value is -1.95. The van der Waals surface area contributed by atoms with Gasteiger partial charge in [-0.3, -0.25) is 9.48 Å². The van der Waals surface area contributed by atoms with Gasteiger partial charge in [-0.2, -0.15) is 5.10 Å². The number of nitrogens with zero attached hydrogens (tertiary/aromatic N) is 2. The summed E-state index contributed by atoms with van der Waals surface area (Å²) in [6, 6.07) is 6.07. The number of aromatic nitrogens is 2. The average Bonchev–Trinajstić information content (AvgIpc) is 2.93. The SMILES string of the molecule is CCCn1cc(CNc2ccc3c(c2)NC(=O)CS3)cn1. The molecular formula is C15H18N4OS. The highest BCUT2D eigenvalue weighted by Gasteiger charge is 2.15. The fourth-order valence-electron chi connectivity index (χ4n) is 2.25. The molecule has 0 spiro atoms. The lowest BCUT2D eigenvalue weighted by Crippen LogP contribution is -2.18. The Balaban J connectivity index is 1.65. The summed E-state index contributed by atoms with van der Waals surface area (Å²) in [6.45, 7) is 3.81. The third kappa shape index (κ3) is 3.39. The molecule has 1 aromatic heterocycles. The summed E-state index contributed by atoms with van der Waals surface area (Å²) in [7, 11) is 0. The first kappa shape index (κ1) is 14.0. The molecule has 0 atom stereocenters. The van der Waals surface area contributed by atoms with E-state index in [1.165, 1.54) is 0 Å². The normalized spacial score (nSPS) is 13.7. The van der Waals surface area contributed by atoms with E-state index in [2.05, 4.69) is 28.9 Å². The number of carbonyl (C=O) groups excluding carboxylic acids is 1. The van der Waals surface area contributed by atoms with Crippen molar-refractivity contribution in [2.75, 3.05) is 16.4 Å². The molecule has 110 valence electrons. The van der Waals surface area contributed by atoms with Crippen molar-refractivity contribution < 1.29 is 4.79 Å². The molecule has 1 amide bonds. The van der Waals surface area contributed by atoms with Crippen molar-refractivity contribution in [1.29, 1.82) is 0 Å². The first-order valence-electron chi connectivity index (χ1n) is 7.06. The maximum atomic E-state index is 11.4. The van der Waals surface area contributed by atoms with Crippen LogP contribution in [0, 0.1) is 0 Å². The molecule has 6 heteroatoms. The molecule has 1 aliphatic heterocycles. The van der Waals surface area contributed by atoms with E-state index in [-0.39, 0.29) is 5.91 Å². The lowest BCUT2D eigenvalue weighted by Gasteiger charge is -2.17. The number of aryl methyl sites for hydroxylation is 1. The fourth-order valence-corrected chi connectivity index (χ4v) is 3.03. The molecule has 0 saturated carbocycles. The molecule has 0 fully saturated rings. The number of thioether (sulfide) groups is 1. The van der Waals surface area contributed by atoms with Gasteiger partial charge in [0.2, 0.25) is 5.91 Å². The number of anilines is 2. The van der Waals surface area contributed by atoms with Crippen molar-refractivity contribution in [3.63, 3.8) is 0 Å². The minimum atomic E-state index is 0.0606. The van der Waals surface area contributed by atoms with Gasteiger partial charge in [0.25, 0.3) is 0 Å². The molecule has 2 N–H and O–H groups in total. The van der Waals surface area contributed by atoms with Gasteiger partial charge < -0.3 is 10.6 Å². The summed E-state index contributed by atoms with van der Waals surface area (Å²) in [5.41, 5.74) is 3.04. The Morgan fingerprint density at radius 1 is 1.48 bits per heavy atom. The van der Waals surface area contributed by atoms with E-state index in [0.717, 1.165) is 41.3 Å². The van der Waals surface area contributed by atoms with Gasteiger partial charge in [0.05, 0.1) is 17.6 Å². The van der Waals surface area contributed by atoms with Gasteiger partial charge in [-0.05, 0) is 24.6 Å². The van der Waals surface area contributed by atoms with E-state index in [4.69, 9.17) is 0 Å². The second kappa shape index (κ2) is 6.22. The topological polar surface area (TPSA) is 59.0 Å². The van der Waals surface area contributed by atoms with E-state index < -0.39 is 0 Å². The van der Waals surface area contributed by atoms with Crippen LogP contribution >= 0.6 is 11.8 Å². The van der Waals surface area contributed by atoms with Gasteiger partial charge in [0, 0.05) is 35.4 Å². The number of amides is 1. The lowest BCUT2D eigenvalue weighted by molar-refractivity contribution is -0.113. The van der Waals surface area contributed by atoms with Crippen molar-refractivity contribution in [3.05, 3.63) is 36.2 Å². The zero-order chi connectivity index (χ0) is 14.7. The monoisotopic (exact) mass is 302 g/mol. The highest BCUT2D eigenvalue weighted by molar-refractivity contribution is 8.00. The standard InChI is InChI=1S/C15H18N4OS/c1-2-5-19-9-11(8-17-19)7-16-12-3-4-14-13(6-12)18-15(20)10-21-14/h3-4,6,8-9,16H,2,5,7,10H2,1H3,(H,18,20). The second-order valence-corrected chi connectivity index (χ2v) is 6.03. The van der Waals surface area contributed by atoms with E-state index in [0.29, 0.717) is 5.75 Å². The van der Waals surface area contributed by atoms with E-state index in [1.807, 2.05) is 29.1 Å². The van der Waals surface area contributed by atoms with Crippen LogP contribution in [0.1, 0.15) is 18.9 Å². The third-order valence-electron chi connectivity index (χ3n) is 3.25. The lowest BCUT2D eigenvalue weighted by atomic mass is 10.2. The number of nitrogens with one attached hydrogen (secondary N) is 2. The summed E-state index contributed by atoms with van der Waals surface area (Å²) >= 11 is 1.58. The molecular weight excluding hydrogens is 284 g/mol. The Morgan fingerprint density at radius 3 is 3.24 bits per heavy atom. The number of carbonyl (C=O) groups is 1. The largest absolute Gasteiger partial charge is 0.381 e. The van der Waals surface area contributed by atoms with Gasteiger partial charge >= 0.3 is 0 Å². The van der Waals surface area contributed by atoms with Crippen LogP contribution in [0.3, 0.4) is 0 Å². The summed E-state index contributed by atoms with van der Waals surface area (Å²) in [5.74, 6) is 0.557. The zero-order valence-corrected chi connectivity index (χ0v) is 12.7. The van der Waals surface area contributed by atoms with Crippen LogP contribution in [0.5, 0.6) is 0 Å². The number of benzene rings is 1. The second-order valence-electron chi connectivity index (χ2n) is 5.01. The minimum Gasteiger partial charge on any atom is -0.381 e. The Labute approximate surface area is 128 Å². The van der Waals surface area contributed by atoms with Gasteiger partial charge in [-0.15, -0.1) is 11.8 Å². The molecule has 0 unspecified atom stereocenters. The average molecular weight is 302 g/mol. The molecule has 1 aliphatic rings. The molecule has 5 nitrogen and oxygen atoms in total. The number of hydrogen-bond donors (Lipinski definition) is 2. The Bertz CT molecular complexity index is 653. The van der Waals surface area contributed by atoms with Gasteiger partial charge in [-0.1, -0.05) is 6.92 Å². The maximum Gasteiger partial charge on any atom is 0.234 e. The summed E-state index contributed by atoms with van der Waals surface area (Å²) < 4.78 is 1.96. The van der Waals surface area contributed by atoms with Crippen LogP contribution < -0.4 is 10.6 Å². The number of hydrogen-bond acceptors (Lipinski definition) is 4. The molecule has 21 heavy (non-hydrogen) atoms. The third-order valence-corrected chi connectivity index (χ3v) is 4.32. The van der Waals surface area contributed by atoms with Crippen LogP contribution in [0.2, 0.25) is 0 Å². The predicted octanol–water partition coefficient (Wildman–Crippen LogP) is 2.95. The van der Waals surface area contributed by atoms with Gasteiger partial charge in [0.15, 0.2) is 0 Å². The van der Waals surface area contributed by atoms with Crippen molar-refractivity contribution >= 4 is 29.0 Å². The molecule has 0 saturated heterocycles. The first-order valence-corrected chi connectivity index (χ1v) is 8.05. The molecule has 0 radical (unpaired) electrons. The fraction of sp³-hybridized carbons (Fsp3) is 0.333. The predicted molar refractivity (Wildman–Crippen MR) is 85.6 cm³/mol. The van der Waals surface area contributed by atoms with E-state index in [1.54, 1.807) is 11.8 Å². The molecule has 0 bridgehead atoms. The summed E-state index contributed by atoms with van der Waals surface area (Å²) in [4.78, 5) is 12.5. The quantitative estimate of drug-likeness (QED) is 0.891. The minimum absolute atomic E-state index is 0.0606. The van der Waals surface area contributed by atoms with Gasteiger partial charge in [-0.25, -0.2) is 0 Å². The molecule has 1 aromatic carbocycles. The summed E-state index contributed by atoms with van der Waals surface area (Å²) in [5, 5.41) is 10.6. The van der Waals surface area contributed by atoms with Crippen molar-refractivity contribution in [2.45, 2.75) is 31.3 Å². The van der Waals surface area contributed by atoms with E-state index in [9.17, 15) is 4.79 Å². The zero-order valence-electron chi connectivity index (χ0n) is 11.9. The van der Waals surface area contributed by atoms with Crippen LogP contribution in [-0.4, -0.2) is 21.4 Å². The van der Waals surface area contributed by atoms with Crippen LogP contribution in [0.15, 0.2) is 35.5 Å². The molecule has 2 heterocycles.